The Kier molecular flexibility index (Phi) is 7.54. The summed E-state index contributed by atoms with van der Waals surface area (Å²) in [4.78, 5) is 0. The molecule has 7 atom stereocenters. The third-order valence-corrected chi connectivity index (χ3v) is 9.08. The van der Waals surface area contributed by atoms with Crippen LogP contribution in [0.15, 0.2) is 47.1 Å². The largest absolute Gasteiger partial charge is 0.393 e. The molecular formula is C29H46O. The van der Waals surface area contributed by atoms with E-state index in [0.29, 0.717) is 35.0 Å². The maximum Gasteiger partial charge on any atom is 0.0586 e. The van der Waals surface area contributed by atoms with Crippen molar-refractivity contribution >= 4 is 0 Å². The van der Waals surface area contributed by atoms with Crippen LogP contribution in [0.25, 0.3) is 0 Å². The molecule has 0 aromatic heterocycles. The molecule has 1 heteroatoms. The minimum atomic E-state index is -0.175. The third-order valence-electron chi connectivity index (χ3n) is 9.08. The van der Waals surface area contributed by atoms with Crippen molar-refractivity contribution in [1.29, 1.82) is 0 Å². The Balaban J connectivity index is 1.74. The van der Waals surface area contributed by atoms with Gasteiger partial charge >= 0.3 is 0 Å². The van der Waals surface area contributed by atoms with Crippen LogP contribution in [0.3, 0.4) is 0 Å². The van der Waals surface area contributed by atoms with E-state index < -0.39 is 0 Å². The standard InChI is InChI=1S/C29H46O/c1-19(2)20(3)10-11-21(4)27-14-15-28-24(9-8-16-29(27,28)7)12-13-25-18-26(30)17-22(5)23(25)6/h9-13,19-22,26-28,30H,8,14-18H2,1-7H3/t20-,21+,22-,26-,27?,28?,29?/m0/s1. The molecule has 0 amide bonds. The minimum Gasteiger partial charge on any atom is -0.393 e. The summed E-state index contributed by atoms with van der Waals surface area (Å²) in [5, 5.41) is 10.2. The topological polar surface area (TPSA) is 20.2 Å². The smallest absolute Gasteiger partial charge is 0.0586 e. The van der Waals surface area contributed by atoms with Crippen molar-refractivity contribution in [3.63, 3.8) is 0 Å². The van der Waals surface area contributed by atoms with Gasteiger partial charge in [-0.15, -0.1) is 0 Å². The number of hydrogen-bond donors (Lipinski definition) is 1. The van der Waals surface area contributed by atoms with Crippen molar-refractivity contribution in [2.24, 2.45) is 40.9 Å². The first kappa shape index (κ1) is 23.6. The molecule has 3 unspecified atom stereocenters. The van der Waals surface area contributed by atoms with Gasteiger partial charge in [-0.05, 0) is 97.5 Å². The molecule has 1 nitrogen and oxygen atoms in total. The van der Waals surface area contributed by atoms with Crippen molar-refractivity contribution in [2.45, 2.75) is 93.1 Å². The van der Waals surface area contributed by atoms with Crippen LogP contribution in [0.5, 0.6) is 0 Å². The predicted octanol–water partition coefficient (Wildman–Crippen LogP) is 7.89. The van der Waals surface area contributed by atoms with E-state index in [-0.39, 0.29) is 6.10 Å². The highest BCUT2D eigenvalue weighted by Crippen LogP contribution is 2.58. The Hall–Kier alpha value is -1.08. The fourth-order valence-electron chi connectivity index (χ4n) is 6.41. The van der Waals surface area contributed by atoms with Crippen molar-refractivity contribution in [3.05, 3.63) is 47.1 Å². The summed E-state index contributed by atoms with van der Waals surface area (Å²) >= 11 is 0. The molecule has 0 saturated heterocycles. The average Bonchev–Trinajstić information content (AvgIpc) is 3.04. The molecule has 1 fully saturated rings. The first-order chi connectivity index (χ1) is 14.1. The van der Waals surface area contributed by atoms with Crippen molar-refractivity contribution in [1.82, 2.24) is 0 Å². The molecule has 0 aliphatic heterocycles. The Morgan fingerprint density at radius 2 is 1.83 bits per heavy atom. The van der Waals surface area contributed by atoms with E-state index in [1.165, 1.54) is 36.8 Å². The van der Waals surface area contributed by atoms with E-state index in [9.17, 15) is 5.11 Å². The van der Waals surface area contributed by atoms with Crippen LogP contribution in [0.4, 0.5) is 0 Å². The summed E-state index contributed by atoms with van der Waals surface area (Å²) in [5.74, 6) is 4.01. The summed E-state index contributed by atoms with van der Waals surface area (Å²) in [5.41, 5.74) is 4.81. The van der Waals surface area contributed by atoms with Crippen molar-refractivity contribution in [3.8, 4) is 0 Å². The first-order valence-corrected chi connectivity index (χ1v) is 12.6. The maximum atomic E-state index is 10.2. The molecule has 0 spiro atoms. The van der Waals surface area contributed by atoms with Crippen LogP contribution >= 0.6 is 0 Å². The second-order valence-electron chi connectivity index (χ2n) is 11.4. The molecule has 1 N–H and O–H groups in total. The Bertz CT molecular complexity index is 721. The zero-order valence-electron chi connectivity index (χ0n) is 20.6. The monoisotopic (exact) mass is 410 g/mol. The summed E-state index contributed by atoms with van der Waals surface area (Å²) in [6.07, 6.45) is 19.0. The lowest BCUT2D eigenvalue weighted by Gasteiger charge is -2.42. The molecule has 168 valence electrons. The second-order valence-corrected chi connectivity index (χ2v) is 11.4. The van der Waals surface area contributed by atoms with Gasteiger partial charge < -0.3 is 5.11 Å². The summed E-state index contributed by atoms with van der Waals surface area (Å²) in [6, 6.07) is 0. The van der Waals surface area contributed by atoms with Gasteiger partial charge in [-0.3, -0.25) is 0 Å². The number of allylic oxidation sites excluding steroid dienone is 7. The molecule has 3 rings (SSSR count). The average molecular weight is 411 g/mol. The van der Waals surface area contributed by atoms with Gasteiger partial charge in [0, 0.05) is 0 Å². The van der Waals surface area contributed by atoms with Crippen LogP contribution in [0.2, 0.25) is 0 Å². The molecule has 1 saturated carbocycles. The second kappa shape index (κ2) is 9.60. The maximum absolute atomic E-state index is 10.2. The molecular weight excluding hydrogens is 364 g/mol. The van der Waals surface area contributed by atoms with Gasteiger partial charge in [-0.25, -0.2) is 0 Å². The Labute approximate surface area is 186 Å². The van der Waals surface area contributed by atoms with Gasteiger partial charge in [0.05, 0.1) is 6.10 Å². The van der Waals surface area contributed by atoms with Gasteiger partial charge in [0.15, 0.2) is 0 Å². The molecule has 3 aliphatic carbocycles. The lowest BCUT2D eigenvalue weighted by atomic mass is 9.62. The molecule has 0 aromatic carbocycles. The van der Waals surface area contributed by atoms with Gasteiger partial charge in [-0.2, -0.15) is 0 Å². The number of hydrogen-bond acceptors (Lipinski definition) is 1. The number of aliphatic hydroxyl groups excluding tert-OH is 1. The van der Waals surface area contributed by atoms with Crippen molar-refractivity contribution in [2.75, 3.05) is 0 Å². The molecule has 3 aliphatic rings. The van der Waals surface area contributed by atoms with Crippen LogP contribution in [0, 0.1) is 40.9 Å². The molecule has 0 aromatic rings. The third kappa shape index (κ3) is 4.87. The van der Waals surface area contributed by atoms with Crippen LogP contribution in [-0.4, -0.2) is 11.2 Å². The van der Waals surface area contributed by atoms with Crippen LogP contribution in [0.1, 0.15) is 87.0 Å². The van der Waals surface area contributed by atoms with Crippen LogP contribution < -0.4 is 0 Å². The molecule has 30 heavy (non-hydrogen) atoms. The summed E-state index contributed by atoms with van der Waals surface area (Å²) in [6.45, 7) is 16.5. The Morgan fingerprint density at radius 1 is 1.10 bits per heavy atom. The van der Waals surface area contributed by atoms with Gasteiger partial charge in [0.1, 0.15) is 0 Å². The lowest BCUT2D eigenvalue weighted by Crippen LogP contribution is -2.34. The van der Waals surface area contributed by atoms with E-state index in [1.807, 2.05) is 0 Å². The van der Waals surface area contributed by atoms with Gasteiger partial charge in [0.25, 0.3) is 0 Å². The molecule has 0 bridgehead atoms. The number of aliphatic hydroxyl groups is 1. The summed E-state index contributed by atoms with van der Waals surface area (Å²) in [7, 11) is 0. The number of rotatable bonds is 6. The van der Waals surface area contributed by atoms with Crippen molar-refractivity contribution < 1.29 is 5.11 Å². The van der Waals surface area contributed by atoms with E-state index in [2.05, 4.69) is 78.8 Å². The van der Waals surface area contributed by atoms with Gasteiger partial charge in [-0.1, -0.05) is 77.5 Å². The fraction of sp³-hybridized carbons (Fsp3) is 0.724. The van der Waals surface area contributed by atoms with E-state index in [1.54, 1.807) is 5.57 Å². The molecule has 0 heterocycles. The quantitative estimate of drug-likeness (QED) is 0.441. The van der Waals surface area contributed by atoms with E-state index in [4.69, 9.17) is 0 Å². The number of fused-ring (bicyclic) bond motifs is 1. The predicted molar refractivity (Wildman–Crippen MR) is 130 cm³/mol. The fourth-order valence-corrected chi connectivity index (χ4v) is 6.41. The van der Waals surface area contributed by atoms with E-state index >= 15 is 0 Å². The highest BCUT2D eigenvalue weighted by molar-refractivity contribution is 5.37. The van der Waals surface area contributed by atoms with E-state index in [0.717, 1.165) is 18.8 Å². The SMILES string of the molecule is CC1=C(C=CC2=CCCC3(C)C2CCC3[C@H](C)C=C[C@H](C)C(C)C)C[C@@H](O)C[C@@H]1C. The normalized spacial score (nSPS) is 37.2. The minimum absolute atomic E-state index is 0.175. The Morgan fingerprint density at radius 3 is 2.53 bits per heavy atom. The highest BCUT2D eigenvalue weighted by atomic mass is 16.3. The lowest BCUT2D eigenvalue weighted by molar-refractivity contribution is 0.129. The zero-order valence-corrected chi connectivity index (χ0v) is 20.6. The van der Waals surface area contributed by atoms with Gasteiger partial charge in [0.2, 0.25) is 0 Å². The van der Waals surface area contributed by atoms with Crippen LogP contribution in [-0.2, 0) is 0 Å². The first-order valence-electron chi connectivity index (χ1n) is 12.6. The zero-order chi connectivity index (χ0) is 22.1. The summed E-state index contributed by atoms with van der Waals surface area (Å²) < 4.78 is 0. The molecule has 0 radical (unpaired) electrons. The highest BCUT2D eigenvalue weighted by Gasteiger charge is 2.49.